The maximum absolute atomic E-state index is 12.0. The highest BCUT2D eigenvalue weighted by Crippen LogP contribution is 2.41. The number of ether oxygens (including phenoxy) is 5. The number of methoxy groups -OCH3 is 1. The molecule has 182 valence electrons. The van der Waals surface area contributed by atoms with Crippen molar-refractivity contribution in [3.63, 3.8) is 0 Å². The molecule has 6 unspecified atom stereocenters. The third-order valence-corrected chi connectivity index (χ3v) is 6.19. The Kier molecular flexibility index (Phi) is 7.17. The van der Waals surface area contributed by atoms with E-state index in [1.165, 1.54) is 7.11 Å². The van der Waals surface area contributed by atoms with Gasteiger partial charge in [0, 0.05) is 29.4 Å². The Balaban J connectivity index is 1.47. The van der Waals surface area contributed by atoms with E-state index in [0.29, 0.717) is 17.7 Å². The van der Waals surface area contributed by atoms with Gasteiger partial charge in [0.2, 0.25) is 0 Å². The van der Waals surface area contributed by atoms with E-state index in [2.05, 4.69) is 4.98 Å². The molecule has 2 aliphatic rings. The Morgan fingerprint density at radius 3 is 2.00 bits per heavy atom. The summed E-state index contributed by atoms with van der Waals surface area (Å²) in [6.07, 6.45) is -1.66. The second-order valence-corrected chi connectivity index (χ2v) is 8.45. The molecule has 0 spiro atoms. The fourth-order valence-corrected chi connectivity index (χ4v) is 4.46. The van der Waals surface area contributed by atoms with Gasteiger partial charge in [-0.05, 0) is 12.1 Å². The highest BCUT2D eigenvalue weighted by Gasteiger charge is 2.50. The van der Waals surface area contributed by atoms with Crippen LogP contribution in [-0.4, -0.2) is 54.2 Å². The number of aliphatic hydroxyl groups is 1. The smallest absolute Gasteiger partial charge is 0.337 e. The summed E-state index contributed by atoms with van der Waals surface area (Å²) < 4.78 is 30.0. The maximum Gasteiger partial charge on any atom is 0.337 e. The van der Waals surface area contributed by atoms with Crippen molar-refractivity contribution in [1.82, 2.24) is 4.98 Å². The van der Waals surface area contributed by atoms with E-state index in [9.17, 15) is 9.90 Å². The summed E-state index contributed by atoms with van der Waals surface area (Å²) >= 11 is 0. The standard InChI is InChI=1S/C27H27NO7/c1-31-25(30)19-12-13-28-20(14-19)15-21-23-24(35-26(32-21)17-8-4-2-5-9-17)22(16-29)33-27(34-23)18-10-6-3-7-11-18/h2-14,21-24,26-27,29H,15-16H2,1H3. The van der Waals surface area contributed by atoms with Crippen LogP contribution in [0.5, 0.6) is 0 Å². The molecule has 35 heavy (non-hydrogen) atoms. The van der Waals surface area contributed by atoms with Gasteiger partial charge in [-0.3, -0.25) is 4.98 Å². The minimum atomic E-state index is -0.688. The number of carbonyl (C=O) groups excluding carboxylic acids is 1. The Labute approximate surface area is 203 Å². The minimum Gasteiger partial charge on any atom is -0.465 e. The molecule has 0 aliphatic carbocycles. The van der Waals surface area contributed by atoms with Crippen LogP contribution in [0.1, 0.15) is 39.8 Å². The molecule has 1 aromatic heterocycles. The average Bonchev–Trinajstić information content (AvgIpc) is 2.93. The predicted octanol–water partition coefficient (Wildman–Crippen LogP) is 3.37. The molecule has 3 heterocycles. The van der Waals surface area contributed by atoms with E-state index >= 15 is 0 Å². The number of hydrogen-bond acceptors (Lipinski definition) is 8. The molecule has 8 nitrogen and oxygen atoms in total. The molecule has 2 aliphatic heterocycles. The van der Waals surface area contributed by atoms with Crippen molar-refractivity contribution in [2.24, 2.45) is 0 Å². The van der Waals surface area contributed by atoms with Gasteiger partial charge in [-0.25, -0.2) is 4.79 Å². The molecule has 6 atom stereocenters. The molecule has 0 amide bonds. The van der Waals surface area contributed by atoms with Gasteiger partial charge in [-0.1, -0.05) is 60.7 Å². The number of fused-ring (bicyclic) bond motifs is 1. The summed E-state index contributed by atoms with van der Waals surface area (Å²) in [6.45, 7) is -0.238. The summed E-state index contributed by atoms with van der Waals surface area (Å²) in [5, 5.41) is 10.2. The summed E-state index contributed by atoms with van der Waals surface area (Å²) in [7, 11) is 1.34. The molecule has 2 saturated heterocycles. The zero-order valence-electron chi connectivity index (χ0n) is 19.2. The van der Waals surface area contributed by atoms with E-state index in [1.807, 2.05) is 60.7 Å². The van der Waals surface area contributed by atoms with Gasteiger partial charge in [0.15, 0.2) is 12.6 Å². The monoisotopic (exact) mass is 477 g/mol. The number of benzene rings is 2. The molecule has 0 bridgehead atoms. The number of nitrogens with zero attached hydrogens (tertiary/aromatic N) is 1. The summed E-state index contributed by atoms with van der Waals surface area (Å²) in [6, 6.07) is 22.4. The van der Waals surface area contributed by atoms with Crippen molar-refractivity contribution in [2.45, 2.75) is 43.4 Å². The van der Waals surface area contributed by atoms with E-state index in [0.717, 1.165) is 11.1 Å². The first-order valence-corrected chi connectivity index (χ1v) is 11.5. The third-order valence-electron chi connectivity index (χ3n) is 6.19. The molecule has 2 aromatic carbocycles. The maximum atomic E-state index is 12.0. The molecule has 2 fully saturated rings. The largest absolute Gasteiger partial charge is 0.465 e. The SMILES string of the molecule is COC(=O)c1ccnc(CC2OC(c3ccccc3)OC3C(CO)OC(c4ccccc4)OC23)c1. The van der Waals surface area contributed by atoms with Gasteiger partial charge in [0.05, 0.1) is 25.4 Å². The second-order valence-electron chi connectivity index (χ2n) is 8.45. The number of pyridine rings is 1. The van der Waals surface area contributed by atoms with Crippen molar-refractivity contribution < 1.29 is 33.6 Å². The number of esters is 1. The van der Waals surface area contributed by atoms with E-state index in [1.54, 1.807) is 18.3 Å². The lowest BCUT2D eigenvalue weighted by molar-refractivity contribution is -0.384. The Hall–Kier alpha value is -3.14. The molecule has 8 heteroatoms. The lowest BCUT2D eigenvalue weighted by Gasteiger charge is -2.49. The lowest BCUT2D eigenvalue weighted by Crippen LogP contribution is -2.59. The highest BCUT2D eigenvalue weighted by atomic mass is 16.8. The van der Waals surface area contributed by atoms with Gasteiger partial charge in [-0.15, -0.1) is 0 Å². The van der Waals surface area contributed by atoms with Crippen LogP contribution in [0.25, 0.3) is 0 Å². The summed E-state index contributed by atoms with van der Waals surface area (Å²) in [5.74, 6) is -0.437. The second kappa shape index (κ2) is 10.6. The predicted molar refractivity (Wildman–Crippen MR) is 124 cm³/mol. The Bertz CT molecular complexity index is 1130. The third kappa shape index (κ3) is 5.12. The van der Waals surface area contributed by atoms with Gasteiger partial charge in [0.1, 0.15) is 18.3 Å². The summed E-state index contributed by atoms with van der Waals surface area (Å²) in [4.78, 5) is 16.5. The first-order valence-electron chi connectivity index (χ1n) is 11.5. The fraction of sp³-hybridized carbons (Fsp3) is 0.333. The fourth-order valence-electron chi connectivity index (χ4n) is 4.46. The van der Waals surface area contributed by atoms with Crippen LogP contribution in [0.15, 0.2) is 79.0 Å². The first kappa shape index (κ1) is 23.6. The van der Waals surface area contributed by atoms with Crippen molar-refractivity contribution in [3.05, 3.63) is 101 Å². The van der Waals surface area contributed by atoms with Crippen LogP contribution in [0.4, 0.5) is 0 Å². The quantitative estimate of drug-likeness (QED) is 0.540. The number of rotatable bonds is 6. The van der Waals surface area contributed by atoms with E-state index in [4.69, 9.17) is 23.7 Å². The number of aromatic nitrogens is 1. The van der Waals surface area contributed by atoms with E-state index in [-0.39, 0.29) is 6.61 Å². The Morgan fingerprint density at radius 1 is 0.857 bits per heavy atom. The molecule has 0 saturated carbocycles. The Morgan fingerprint density at radius 2 is 1.43 bits per heavy atom. The van der Waals surface area contributed by atoms with Crippen LogP contribution in [-0.2, 0) is 30.1 Å². The van der Waals surface area contributed by atoms with Gasteiger partial charge in [0.25, 0.3) is 0 Å². The summed E-state index contributed by atoms with van der Waals surface area (Å²) in [5.41, 5.74) is 2.73. The zero-order valence-corrected chi connectivity index (χ0v) is 19.2. The van der Waals surface area contributed by atoms with Crippen LogP contribution in [0, 0.1) is 0 Å². The lowest BCUT2D eigenvalue weighted by atomic mass is 9.95. The van der Waals surface area contributed by atoms with Crippen molar-refractivity contribution in [1.29, 1.82) is 0 Å². The topological polar surface area (TPSA) is 96.3 Å². The molecule has 0 radical (unpaired) electrons. The highest BCUT2D eigenvalue weighted by molar-refractivity contribution is 5.89. The zero-order chi connectivity index (χ0) is 24.2. The van der Waals surface area contributed by atoms with Crippen LogP contribution < -0.4 is 0 Å². The minimum absolute atomic E-state index is 0.238. The van der Waals surface area contributed by atoms with Gasteiger partial charge in [-0.2, -0.15) is 0 Å². The van der Waals surface area contributed by atoms with Crippen LogP contribution in [0.2, 0.25) is 0 Å². The van der Waals surface area contributed by atoms with Crippen molar-refractivity contribution >= 4 is 5.97 Å². The molecule has 3 aromatic rings. The van der Waals surface area contributed by atoms with Crippen molar-refractivity contribution in [3.8, 4) is 0 Å². The normalized spacial score (nSPS) is 28.2. The molecule has 5 rings (SSSR count). The number of hydrogen-bond donors (Lipinski definition) is 1. The van der Waals surface area contributed by atoms with Gasteiger partial charge < -0.3 is 28.8 Å². The van der Waals surface area contributed by atoms with E-state index < -0.39 is 43.0 Å². The molecular weight excluding hydrogens is 450 g/mol. The first-order chi connectivity index (χ1) is 17.2. The van der Waals surface area contributed by atoms with Crippen molar-refractivity contribution in [2.75, 3.05) is 13.7 Å². The molecular formula is C27H27NO7. The van der Waals surface area contributed by atoms with Crippen LogP contribution in [0.3, 0.4) is 0 Å². The number of aliphatic hydroxyl groups excluding tert-OH is 1. The molecule has 1 N–H and O–H groups in total. The number of carbonyl (C=O) groups is 1. The van der Waals surface area contributed by atoms with Crippen LogP contribution >= 0.6 is 0 Å². The average molecular weight is 478 g/mol. The van der Waals surface area contributed by atoms with Gasteiger partial charge >= 0.3 is 5.97 Å².